The Morgan fingerprint density at radius 2 is 2.47 bits per heavy atom. The smallest absolute Gasteiger partial charge is 0.140 e. The maximum atomic E-state index is 4.32. The molecule has 0 aliphatic carbocycles. The monoisotopic (exact) mass is 254 g/mol. The molecule has 0 aromatic carbocycles. The third-order valence-electron chi connectivity index (χ3n) is 2.91. The van der Waals surface area contributed by atoms with Crippen LogP contribution in [0.15, 0.2) is 6.33 Å². The van der Waals surface area contributed by atoms with Crippen LogP contribution < -0.4 is 5.32 Å². The molecule has 0 spiro atoms. The first-order chi connectivity index (χ1) is 8.25. The summed E-state index contributed by atoms with van der Waals surface area (Å²) in [5, 5.41) is 8.57. The van der Waals surface area contributed by atoms with Gasteiger partial charge >= 0.3 is 0 Å². The maximum absolute atomic E-state index is 4.32. The van der Waals surface area contributed by atoms with E-state index in [1.54, 1.807) is 6.33 Å². The van der Waals surface area contributed by atoms with Crippen molar-refractivity contribution >= 4 is 11.8 Å². The van der Waals surface area contributed by atoms with E-state index in [1.165, 1.54) is 18.6 Å². The Labute approximate surface area is 108 Å². The summed E-state index contributed by atoms with van der Waals surface area (Å²) in [5.74, 6) is 3.00. The van der Waals surface area contributed by atoms with Gasteiger partial charge in [-0.2, -0.15) is 16.9 Å². The van der Waals surface area contributed by atoms with Crippen molar-refractivity contribution in [2.75, 3.05) is 12.3 Å². The highest BCUT2D eigenvalue weighted by molar-refractivity contribution is 8.00. The van der Waals surface area contributed by atoms with Crippen LogP contribution in [0.1, 0.15) is 32.5 Å². The van der Waals surface area contributed by atoms with Crippen LogP contribution in [0.5, 0.6) is 0 Å². The zero-order valence-electron chi connectivity index (χ0n) is 10.7. The van der Waals surface area contributed by atoms with Crippen LogP contribution in [0, 0.1) is 5.92 Å². The van der Waals surface area contributed by atoms with Crippen LogP contribution in [0.2, 0.25) is 0 Å². The molecular formula is C12H22N4S. The first kappa shape index (κ1) is 12.9. The third-order valence-corrected chi connectivity index (χ3v) is 4.31. The molecular weight excluding hydrogens is 232 g/mol. The van der Waals surface area contributed by atoms with Crippen LogP contribution in [0.3, 0.4) is 0 Å². The summed E-state index contributed by atoms with van der Waals surface area (Å²) in [6.45, 7) is 7.29. The Kier molecular flexibility index (Phi) is 4.86. The third kappa shape index (κ3) is 4.00. The average molecular weight is 254 g/mol. The van der Waals surface area contributed by atoms with E-state index in [4.69, 9.17) is 0 Å². The lowest BCUT2D eigenvalue weighted by Crippen LogP contribution is -2.25. The number of hydrogen-bond donors (Lipinski definition) is 1. The number of nitrogens with zero attached hydrogens (tertiary/aromatic N) is 3. The molecule has 1 fully saturated rings. The van der Waals surface area contributed by atoms with Crippen molar-refractivity contribution in [2.45, 2.75) is 45.0 Å². The van der Waals surface area contributed by atoms with Gasteiger partial charge in [-0.05, 0) is 24.5 Å². The number of hydrogen-bond acceptors (Lipinski definition) is 4. The lowest BCUT2D eigenvalue weighted by molar-refractivity contribution is 0.457. The number of aromatic nitrogens is 3. The van der Waals surface area contributed by atoms with Crippen molar-refractivity contribution in [3.05, 3.63) is 12.2 Å². The minimum absolute atomic E-state index is 0.612. The van der Waals surface area contributed by atoms with Gasteiger partial charge in [-0.1, -0.05) is 13.8 Å². The van der Waals surface area contributed by atoms with Gasteiger partial charge in [0.15, 0.2) is 0 Å². The standard InChI is InChI=1S/C12H22N4S/c1-10(2)8-16-12(14-9-15-16)7-13-6-11-4-3-5-17-11/h9-11,13H,3-8H2,1-2H3. The van der Waals surface area contributed by atoms with Gasteiger partial charge in [0, 0.05) is 18.3 Å². The van der Waals surface area contributed by atoms with Crippen molar-refractivity contribution in [3.63, 3.8) is 0 Å². The molecule has 0 radical (unpaired) electrons. The summed E-state index contributed by atoms with van der Waals surface area (Å²) < 4.78 is 2.01. The molecule has 1 aliphatic rings. The SMILES string of the molecule is CC(C)Cn1ncnc1CNCC1CCCS1. The lowest BCUT2D eigenvalue weighted by atomic mass is 10.2. The Balaban J connectivity index is 1.75. The fraction of sp³-hybridized carbons (Fsp3) is 0.833. The van der Waals surface area contributed by atoms with Crippen LogP contribution >= 0.6 is 11.8 Å². The number of rotatable bonds is 6. The molecule has 2 rings (SSSR count). The summed E-state index contributed by atoms with van der Waals surface area (Å²) in [6, 6.07) is 0. The molecule has 1 unspecified atom stereocenters. The first-order valence-corrected chi connectivity index (χ1v) is 7.49. The molecule has 5 heteroatoms. The Morgan fingerprint density at radius 3 is 3.18 bits per heavy atom. The van der Waals surface area contributed by atoms with Gasteiger partial charge in [0.05, 0.1) is 6.54 Å². The lowest BCUT2D eigenvalue weighted by Gasteiger charge is -2.11. The van der Waals surface area contributed by atoms with Crippen molar-refractivity contribution in [2.24, 2.45) is 5.92 Å². The van der Waals surface area contributed by atoms with E-state index in [9.17, 15) is 0 Å². The molecule has 0 saturated carbocycles. The van der Waals surface area contributed by atoms with Crippen molar-refractivity contribution in [3.8, 4) is 0 Å². The zero-order valence-corrected chi connectivity index (χ0v) is 11.5. The Bertz CT molecular complexity index is 331. The van der Waals surface area contributed by atoms with E-state index in [1.807, 2.05) is 4.68 Å². The molecule has 1 aliphatic heterocycles. The second kappa shape index (κ2) is 6.40. The Morgan fingerprint density at radius 1 is 1.59 bits per heavy atom. The van der Waals surface area contributed by atoms with Gasteiger partial charge in [0.2, 0.25) is 0 Å². The van der Waals surface area contributed by atoms with Crippen molar-refractivity contribution in [1.29, 1.82) is 0 Å². The molecule has 2 heterocycles. The van der Waals surface area contributed by atoms with E-state index in [2.05, 4.69) is 41.0 Å². The summed E-state index contributed by atoms with van der Waals surface area (Å²) in [6.07, 6.45) is 4.39. The molecule has 1 N–H and O–H groups in total. The fourth-order valence-corrected chi connectivity index (χ4v) is 3.31. The normalized spacial score (nSPS) is 20.3. The van der Waals surface area contributed by atoms with Crippen LogP contribution in [0.25, 0.3) is 0 Å². The highest BCUT2D eigenvalue weighted by atomic mass is 32.2. The molecule has 0 bridgehead atoms. The number of nitrogens with one attached hydrogen (secondary N) is 1. The van der Waals surface area contributed by atoms with E-state index in [0.717, 1.165) is 30.7 Å². The number of thioether (sulfide) groups is 1. The molecule has 1 saturated heterocycles. The van der Waals surface area contributed by atoms with Crippen LogP contribution in [-0.2, 0) is 13.1 Å². The summed E-state index contributed by atoms with van der Waals surface area (Å²) in [7, 11) is 0. The van der Waals surface area contributed by atoms with Gasteiger partial charge in [-0.25, -0.2) is 9.67 Å². The molecule has 1 aromatic heterocycles. The van der Waals surface area contributed by atoms with Gasteiger partial charge in [-0.3, -0.25) is 0 Å². The van der Waals surface area contributed by atoms with Gasteiger partial charge in [-0.15, -0.1) is 0 Å². The quantitative estimate of drug-likeness (QED) is 0.842. The summed E-state index contributed by atoms with van der Waals surface area (Å²) >= 11 is 2.09. The largest absolute Gasteiger partial charge is 0.309 e. The minimum atomic E-state index is 0.612. The zero-order chi connectivity index (χ0) is 12.1. The van der Waals surface area contributed by atoms with E-state index in [-0.39, 0.29) is 0 Å². The predicted molar refractivity (Wildman–Crippen MR) is 72.0 cm³/mol. The topological polar surface area (TPSA) is 42.7 Å². The molecule has 1 atom stereocenters. The molecule has 96 valence electrons. The second-order valence-corrected chi connectivity index (χ2v) is 6.43. The Hall–Kier alpha value is -0.550. The molecule has 17 heavy (non-hydrogen) atoms. The second-order valence-electron chi connectivity index (χ2n) is 5.02. The summed E-state index contributed by atoms with van der Waals surface area (Å²) in [4.78, 5) is 4.32. The van der Waals surface area contributed by atoms with Gasteiger partial charge in [0.25, 0.3) is 0 Å². The fourth-order valence-electron chi connectivity index (χ4n) is 2.07. The highest BCUT2D eigenvalue weighted by Gasteiger charge is 2.15. The maximum Gasteiger partial charge on any atom is 0.140 e. The minimum Gasteiger partial charge on any atom is -0.309 e. The molecule has 1 aromatic rings. The van der Waals surface area contributed by atoms with Gasteiger partial charge < -0.3 is 5.32 Å². The van der Waals surface area contributed by atoms with Crippen LogP contribution in [-0.4, -0.2) is 32.3 Å². The van der Waals surface area contributed by atoms with Gasteiger partial charge in [0.1, 0.15) is 12.2 Å². The van der Waals surface area contributed by atoms with E-state index in [0.29, 0.717) is 5.92 Å². The van der Waals surface area contributed by atoms with E-state index < -0.39 is 0 Å². The predicted octanol–water partition coefficient (Wildman–Crippen LogP) is 1.92. The average Bonchev–Trinajstić information content (AvgIpc) is 2.90. The first-order valence-electron chi connectivity index (χ1n) is 6.44. The molecule has 4 nitrogen and oxygen atoms in total. The van der Waals surface area contributed by atoms with Crippen molar-refractivity contribution in [1.82, 2.24) is 20.1 Å². The summed E-state index contributed by atoms with van der Waals surface area (Å²) in [5.41, 5.74) is 0. The molecule has 0 amide bonds. The van der Waals surface area contributed by atoms with E-state index >= 15 is 0 Å². The highest BCUT2D eigenvalue weighted by Crippen LogP contribution is 2.25. The van der Waals surface area contributed by atoms with Crippen molar-refractivity contribution < 1.29 is 0 Å². The van der Waals surface area contributed by atoms with Crippen LogP contribution in [0.4, 0.5) is 0 Å².